The molecular formula is C18H31NS. The van der Waals surface area contributed by atoms with Crippen molar-refractivity contribution in [3.63, 3.8) is 0 Å². The second-order valence-electron chi connectivity index (χ2n) is 6.16. The normalized spacial score (nSPS) is 15.5. The fraction of sp³-hybridized carbons (Fsp3) is 0.778. The Balaban J connectivity index is 1.85. The predicted molar refractivity (Wildman–Crippen MR) is 90.8 cm³/mol. The van der Waals surface area contributed by atoms with Gasteiger partial charge >= 0.3 is 0 Å². The molecule has 0 fully saturated rings. The summed E-state index contributed by atoms with van der Waals surface area (Å²) in [5.74, 6) is 0. The van der Waals surface area contributed by atoms with Crippen molar-refractivity contribution in [3.05, 3.63) is 21.4 Å². The standard InChI is InChI=1S/C18H31NS/c1-3-5-6-7-8-11-16(19-13-4-2)18-14-15-10-9-12-17(15)20-18/h14,16,19H,3-13H2,1-2H3. The van der Waals surface area contributed by atoms with Gasteiger partial charge in [0.1, 0.15) is 0 Å². The minimum absolute atomic E-state index is 0.618. The van der Waals surface area contributed by atoms with E-state index in [9.17, 15) is 0 Å². The van der Waals surface area contributed by atoms with Gasteiger partial charge in [-0.25, -0.2) is 0 Å². The number of hydrogen-bond acceptors (Lipinski definition) is 2. The van der Waals surface area contributed by atoms with Crippen molar-refractivity contribution in [3.8, 4) is 0 Å². The van der Waals surface area contributed by atoms with Gasteiger partial charge in [0.25, 0.3) is 0 Å². The average molecular weight is 294 g/mol. The molecule has 0 aliphatic heterocycles. The van der Waals surface area contributed by atoms with Crippen LogP contribution in [0.2, 0.25) is 0 Å². The molecule has 0 aromatic carbocycles. The van der Waals surface area contributed by atoms with Gasteiger partial charge in [-0.05, 0) is 50.3 Å². The Bertz CT molecular complexity index is 361. The van der Waals surface area contributed by atoms with Gasteiger partial charge in [0, 0.05) is 15.8 Å². The predicted octanol–water partition coefficient (Wildman–Crippen LogP) is 5.64. The molecule has 20 heavy (non-hydrogen) atoms. The Kier molecular flexibility index (Phi) is 7.09. The highest BCUT2D eigenvalue weighted by Gasteiger charge is 2.19. The molecule has 1 nitrogen and oxygen atoms in total. The number of hydrogen-bond donors (Lipinski definition) is 1. The van der Waals surface area contributed by atoms with E-state index in [0.717, 1.165) is 6.54 Å². The number of nitrogens with one attached hydrogen (secondary N) is 1. The van der Waals surface area contributed by atoms with Gasteiger partial charge in [-0.1, -0.05) is 46.0 Å². The fourth-order valence-corrected chi connectivity index (χ4v) is 4.51. The molecule has 1 aliphatic rings. The summed E-state index contributed by atoms with van der Waals surface area (Å²) in [6, 6.07) is 3.12. The van der Waals surface area contributed by atoms with Crippen molar-refractivity contribution in [2.45, 2.75) is 84.1 Å². The monoisotopic (exact) mass is 293 g/mol. The smallest absolute Gasteiger partial charge is 0.0414 e. The lowest BCUT2D eigenvalue weighted by molar-refractivity contribution is 0.473. The Morgan fingerprint density at radius 1 is 1.10 bits per heavy atom. The maximum atomic E-state index is 3.78. The second-order valence-corrected chi connectivity index (χ2v) is 7.33. The van der Waals surface area contributed by atoms with Crippen LogP contribution in [0.4, 0.5) is 0 Å². The summed E-state index contributed by atoms with van der Waals surface area (Å²) >= 11 is 2.09. The zero-order chi connectivity index (χ0) is 14.2. The van der Waals surface area contributed by atoms with Crippen molar-refractivity contribution in [2.75, 3.05) is 6.54 Å². The molecule has 2 heteroatoms. The lowest BCUT2D eigenvalue weighted by Crippen LogP contribution is -2.21. The van der Waals surface area contributed by atoms with Gasteiger partial charge in [0.05, 0.1) is 0 Å². The summed E-state index contributed by atoms with van der Waals surface area (Å²) < 4.78 is 0. The van der Waals surface area contributed by atoms with Crippen LogP contribution < -0.4 is 5.32 Å². The summed E-state index contributed by atoms with van der Waals surface area (Å²) in [4.78, 5) is 3.29. The number of fused-ring (bicyclic) bond motifs is 1. The van der Waals surface area contributed by atoms with Crippen molar-refractivity contribution >= 4 is 11.3 Å². The lowest BCUT2D eigenvalue weighted by Gasteiger charge is -2.17. The first kappa shape index (κ1) is 16.0. The molecule has 1 aromatic rings. The molecule has 114 valence electrons. The maximum Gasteiger partial charge on any atom is 0.0414 e. The average Bonchev–Trinajstić information content (AvgIpc) is 3.03. The van der Waals surface area contributed by atoms with Gasteiger partial charge in [0.15, 0.2) is 0 Å². The first-order valence-corrected chi connectivity index (χ1v) is 9.51. The van der Waals surface area contributed by atoms with E-state index >= 15 is 0 Å². The molecule has 0 saturated carbocycles. The van der Waals surface area contributed by atoms with E-state index in [2.05, 4.69) is 36.6 Å². The van der Waals surface area contributed by atoms with Crippen LogP contribution in [-0.2, 0) is 12.8 Å². The van der Waals surface area contributed by atoms with E-state index < -0.39 is 0 Å². The molecule has 0 amide bonds. The fourth-order valence-electron chi connectivity index (χ4n) is 3.14. The van der Waals surface area contributed by atoms with Crippen molar-refractivity contribution in [1.29, 1.82) is 0 Å². The minimum Gasteiger partial charge on any atom is -0.309 e. The third-order valence-corrected chi connectivity index (χ3v) is 5.70. The summed E-state index contributed by atoms with van der Waals surface area (Å²) in [6.45, 7) is 5.71. The molecule has 1 unspecified atom stereocenters. The molecule has 1 heterocycles. The Morgan fingerprint density at radius 2 is 1.95 bits per heavy atom. The molecule has 0 radical (unpaired) electrons. The van der Waals surface area contributed by atoms with Crippen LogP contribution in [-0.4, -0.2) is 6.54 Å². The minimum atomic E-state index is 0.618. The number of unbranched alkanes of at least 4 members (excludes halogenated alkanes) is 4. The van der Waals surface area contributed by atoms with Gasteiger partial charge in [-0.3, -0.25) is 0 Å². The summed E-state index contributed by atoms with van der Waals surface area (Å²) in [5.41, 5.74) is 1.65. The van der Waals surface area contributed by atoms with Crippen molar-refractivity contribution < 1.29 is 0 Å². The van der Waals surface area contributed by atoms with Gasteiger partial charge < -0.3 is 5.32 Å². The summed E-state index contributed by atoms with van der Waals surface area (Å²) in [6.07, 6.45) is 13.5. The first-order valence-electron chi connectivity index (χ1n) is 8.70. The van der Waals surface area contributed by atoms with Crippen LogP contribution >= 0.6 is 11.3 Å². The number of thiophene rings is 1. The van der Waals surface area contributed by atoms with Gasteiger partial charge in [-0.15, -0.1) is 11.3 Å². The highest BCUT2D eigenvalue weighted by Crippen LogP contribution is 2.35. The Morgan fingerprint density at radius 3 is 2.70 bits per heavy atom. The summed E-state index contributed by atoms with van der Waals surface area (Å²) in [7, 11) is 0. The largest absolute Gasteiger partial charge is 0.309 e. The van der Waals surface area contributed by atoms with E-state index in [1.54, 1.807) is 15.3 Å². The Labute approximate surface area is 129 Å². The van der Waals surface area contributed by atoms with Gasteiger partial charge in [0.2, 0.25) is 0 Å². The topological polar surface area (TPSA) is 12.0 Å². The van der Waals surface area contributed by atoms with Crippen LogP contribution in [0.3, 0.4) is 0 Å². The number of rotatable bonds is 10. The molecule has 1 aromatic heterocycles. The van der Waals surface area contributed by atoms with E-state index in [-0.39, 0.29) is 0 Å². The highest BCUT2D eigenvalue weighted by molar-refractivity contribution is 7.12. The van der Waals surface area contributed by atoms with Gasteiger partial charge in [-0.2, -0.15) is 0 Å². The lowest BCUT2D eigenvalue weighted by atomic mass is 10.0. The third-order valence-electron chi connectivity index (χ3n) is 4.35. The van der Waals surface area contributed by atoms with E-state index in [1.807, 2.05) is 0 Å². The van der Waals surface area contributed by atoms with E-state index in [1.165, 1.54) is 64.2 Å². The second kappa shape index (κ2) is 8.84. The Hall–Kier alpha value is -0.340. The quantitative estimate of drug-likeness (QED) is 0.551. The van der Waals surface area contributed by atoms with E-state index in [0.29, 0.717) is 6.04 Å². The molecule has 0 spiro atoms. The van der Waals surface area contributed by atoms with Crippen molar-refractivity contribution in [2.24, 2.45) is 0 Å². The zero-order valence-electron chi connectivity index (χ0n) is 13.3. The highest BCUT2D eigenvalue weighted by atomic mass is 32.1. The number of aryl methyl sites for hydroxylation is 2. The molecule has 0 bridgehead atoms. The van der Waals surface area contributed by atoms with Crippen LogP contribution in [0.5, 0.6) is 0 Å². The SMILES string of the molecule is CCCCCCCC(NCCC)c1cc2c(s1)CCC2. The van der Waals surface area contributed by atoms with E-state index in [4.69, 9.17) is 0 Å². The molecule has 1 atom stereocenters. The van der Waals surface area contributed by atoms with Crippen LogP contribution in [0.15, 0.2) is 6.07 Å². The molecule has 1 aliphatic carbocycles. The van der Waals surface area contributed by atoms with Crippen LogP contribution in [0.1, 0.15) is 86.6 Å². The zero-order valence-corrected chi connectivity index (χ0v) is 14.2. The first-order chi connectivity index (χ1) is 9.85. The summed E-state index contributed by atoms with van der Waals surface area (Å²) in [5, 5.41) is 3.78. The van der Waals surface area contributed by atoms with Crippen molar-refractivity contribution in [1.82, 2.24) is 5.32 Å². The third kappa shape index (κ3) is 4.60. The molecule has 0 saturated heterocycles. The molecular weight excluding hydrogens is 262 g/mol. The maximum absolute atomic E-state index is 3.78. The van der Waals surface area contributed by atoms with Crippen LogP contribution in [0.25, 0.3) is 0 Å². The molecule has 2 rings (SSSR count). The molecule has 1 N–H and O–H groups in total. The van der Waals surface area contributed by atoms with Crippen LogP contribution in [0, 0.1) is 0 Å².